The second kappa shape index (κ2) is 7.98. The minimum absolute atomic E-state index is 0.0610. The number of rotatable bonds is 5. The number of nitrogens with zero attached hydrogens (tertiary/aromatic N) is 2. The summed E-state index contributed by atoms with van der Waals surface area (Å²) < 4.78 is 41.5. The number of alkyl halides is 3. The number of thiocarbonyl (C=S) groups is 1. The van der Waals surface area contributed by atoms with Gasteiger partial charge in [0.2, 0.25) is 0 Å². The molecule has 130 valence electrons. The summed E-state index contributed by atoms with van der Waals surface area (Å²) in [5.41, 5.74) is 0.101. The lowest BCUT2D eigenvalue weighted by molar-refractivity contribution is -0.136. The standard InChI is InChI=1S/C15H16BrF3N4S/c1-10-12(16)9-23(22-10)8-4-7-20-14(24)21-13-6-3-2-5-11(13)15(17,18)19/h2-3,5-6,9H,4,7-8H2,1H3,(H2,20,21,24). The number of para-hydroxylation sites is 1. The predicted molar refractivity (Wildman–Crippen MR) is 94.9 cm³/mol. The molecule has 0 aliphatic heterocycles. The normalized spacial score (nSPS) is 11.4. The van der Waals surface area contributed by atoms with Crippen LogP contribution in [0.15, 0.2) is 34.9 Å². The molecular formula is C15H16BrF3N4S. The van der Waals surface area contributed by atoms with Crippen LogP contribution in [0.5, 0.6) is 0 Å². The van der Waals surface area contributed by atoms with Crippen molar-refractivity contribution >= 4 is 38.9 Å². The average Bonchev–Trinajstić information content (AvgIpc) is 2.82. The van der Waals surface area contributed by atoms with E-state index in [9.17, 15) is 13.2 Å². The van der Waals surface area contributed by atoms with E-state index >= 15 is 0 Å². The van der Waals surface area contributed by atoms with E-state index < -0.39 is 11.7 Å². The van der Waals surface area contributed by atoms with Gasteiger partial charge in [-0.3, -0.25) is 4.68 Å². The van der Waals surface area contributed by atoms with Gasteiger partial charge in [-0.05, 0) is 53.6 Å². The van der Waals surface area contributed by atoms with Gasteiger partial charge in [-0.15, -0.1) is 0 Å². The van der Waals surface area contributed by atoms with E-state index in [1.165, 1.54) is 18.2 Å². The number of anilines is 1. The first kappa shape index (κ1) is 18.7. The molecule has 1 aromatic carbocycles. The third kappa shape index (κ3) is 5.20. The third-order valence-electron chi connectivity index (χ3n) is 3.22. The van der Waals surface area contributed by atoms with Crippen molar-refractivity contribution in [1.82, 2.24) is 15.1 Å². The van der Waals surface area contributed by atoms with Crippen LogP contribution < -0.4 is 10.6 Å². The first-order chi connectivity index (χ1) is 11.3. The molecule has 4 nitrogen and oxygen atoms in total. The molecule has 0 spiro atoms. The van der Waals surface area contributed by atoms with Crippen LogP contribution in [0, 0.1) is 6.92 Å². The van der Waals surface area contributed by atoms with Gasteiger partial charge in [0.25, 0.3) is 0 Å². The molecule has 2 rings (SSSR count). The summed E-state index contributed by atoms with van der Waals surface area (Å²) in [6.45, 7) is 3.10. The molecular weight excluding hydrogens is 405 g/mol. The van der Waals surface area contributed by atoms with E-state index in [-0.39, 0.29) is 10.8 Å². The van der Waals surface area contributed by atoms with E-state index in [0.717, 1.165) is 22.7 Å². The Morgan fingerprint density at radius 3 is 2.67 bits per heavy atom. The molecule has 1 heterocycles. The van der Waals surface area contributed by atoms with Crippen molar-refractivity contribution in [3.05, 3.63) is 46.2 Å². The van der Waals surface area contributed by atoms with E-state index in [1.807, 2.05) is 13.1 Å². The van der Waals surface area contributed by atoms with Crippen LogP contribution in [-0.4, -0.2) is 21.4 Å². The maximum atomic E-state index is 12.9. The molecule has 0 radical (unpaired) electrons. The van der Waals surface area contributed by atoms with Gasteiger partial charge in [0, 0.05) is 19.3 Å². The molecule has 24 heavy (non-hydrogen) atoms. The highest BCUT2D eigenvalue weighted by Gasteiger charge is 2.33. The zero-order chi connectivity index (χ0) is 17.7. The van der Waals surface area contributed by atoms with E-state index in [2.05, 4.69) is 31.7 Å². The Hall–Kier alpha value is -1.61. The fourth-order valence-corrected chi connectivity index (χ4v) is 2.58. The van der Waals surface area contributed by atoms with Crippen LogP contribution in [0.4, 0.5) is 18.9 Å². The average molecular weight is 421 g/mol. The van der Waals surface area contributed by atoms with Crippen LogP contribution in [0.3, 0.4) is 0 Å². The highest BCUT2D eigenvalue weighted by molar-refractivity contribution is 9.10. The van der Waals surface area contributed by atoms with Crippen molar-refractivity contribution in [2.75, 3.05) is 11.9 Å². The Morgan fingerprint density at radius 2 is 2.04 bits per heavy atom. The largest absolute Gasteiger partial charge is 0.418 e. The molecule has 0 unspecified atom stereocenters. The Bertz CT molecular complexity index is 695. The highest BCUT2D eigenvalue weighted by atomic mass is 79.9. The molecule has 2 N–H and O–H groups in total. The van der Waals surface area contributed by atoms with Crippen molar-refractivity contribution in [2.45, 2.75) is 26.1 Å². The molecule has 9 heteroatoms. The molecule has 0 saturated heterocycles. The van der Waals surface area contributed by atoms with Gasteiger partial charge in [-0.25, -0.2) is 0 Å². The van der Waals surface area contributed by atoms with E-state index in [0.29, 0.717) is 13.1 Å². The maximum absolute atomic E-state index is 12.9. The monoisotopic (exact) mass is 420 g/mol. The topological polar surface area (TPSA) is 41.9 Å². The fraction of sp³-hybridized carbons (Fsp3) is 0.333. The SMILES string of the molecule is Cc1nn(CCCNC(=S)Nc2ccccc2C(F)(F)F)cc1Br. The summed E-state index contributed by atoms with van der Waals surface area (Å²) in [6.07, 6.45) is -1.81. The number of nitrogens with one attached hydrogen (secondary N) is 2. The Balaban J connectivity index is 1.82. The number of aryl methyl sites for hydroxylation is 2. The molecule has 0 atom stereocenters. The first-order valence-corrected chi connectivity index (χ1v) is 8.38. The van der Waals surface area contributed by atoms with Gasteiger partial charge in [0.05, 0.1) is 21.4 Å². The summed E-state index contributed by atoms with van der Waals surface area (Å²) >= 11 is 8.44. The van der Waals surface area contributed by atoms with Crippen LogP contribution in [0.2, 0.25) is 0 Å². The minimum Gasteiger partial charge on any atom is -0.362 e. The number of hydrogen-bond acceptors (Lipinski definition) is 2. The Labute approximate surface area is 151 Å². The van der Waals surface area contributed by atoms with Gasteiger partial charge < -0.3 is 10.6 Å². The maximum Gasteiger partial charge on any atom is 0.418 e. The summed E-state index contributed by atoms with van der Waals surface area (Å²) in [7, 11) is 0. The minimum atomic E-state index is -4.43. The summed E-state index contributed by atoms with van der Waals surface area (Å²) in [5, 5.41) is 9.96. The number of benzene rings is 1. The molecule has 1 aromatic heterocycles. The van der Waals surface area contributed by atoms with Gasteiger partial charge in [0.1, 0.15) is 0 Å². The van der Waals surface area contributed by atoms with E-state index in [4.69, 9.17) is 12.2 Å². The molecule has 0 bridgehead atoms. The smallest absolute Gasteiger partial charge is 0.362 e. The lowest BCUT2D eigenvalue weighted by atomic mass is 10.1. The van der Waals surface area contributed by atoms with Crippen LogP contribution in [-0.2, 0) is 12.7 Å². The van der Waals surface area contributed by atoms with E-state index in [1.54, 1.807) is 4.68 Å². The predicted octanol–water partition coefficient (Wildman–Crippen LogP) is 4.35. The molecule has 0 aliphatic carbocycles. The quantitative estimate of drug-likeness (QED) is 0.557. The van der Waals surface area contributed by atoms with Crippen molar-refractivity contribution < 1.29 is 13.2 Å². The molecule has 0 fully saturated rings. The molecule has 0 aliphatic rings. The van der Waals surface area contributed by atoms with Gasteiger partial charge in [-0.1, -0.05) is 12.1 Å². The second-order valence-corrected chi connectivity index (χ2v) is 6.37. The van der Waals surface area contributed by atoms with Crippen molar-refractivity contribution in [1.29, 1.82) is 0 Å². The highest BCUT2D eigenvalue weighted by Crippen LogP contribution is 2.34. The molecule has 0 amide bonds. The van der Waals surface area contributed by atoms with Crippen LogP contribution >= 0.6 is 28.1 Å². The third-order valence-corrected chi connectivity index (χ3v) is 4.24. The number of halogens is 4. The zero-order valence-electron chi connectivity index (χ0n) is 12.8. The van der Waals surface area contributed by atoms with Gasteiger partial charge >= 0.3 is 6.18 Å². The molecule has 2 aromatic rings. The van der Waals surface area contributed by atoms with Gasteiger partial charge in [0.15, 0.2) is 5.11 Å². The second-order valence-electron chi connectivity index (χ2n) is 5.10. The summed E-state index contributed by atoms with van der Waals surface area (Å²) in [5.74, 6) is 0. The number of aromatic nitrogens is 2. The first-order valence-electron chi connectivity index (χ1n) is 7.18. The zero-order valence-corrected chi connectivity index (χ0v) is 15.2. The van der Waals surface area contributed by atoms with Crippen LogP contribution in [0.25, 0.3) is 0 Å². The van der Waals surface area contributed by atoms with Crippen LogP contribution in [0.1, 0.15) is 17.7 Å². The Morgan fingerprint density at radius 1 is 1.33 bits per heavy atom. The fourth-order valence-electron chi connectivity index (χ4n) is 2.06. The lowest BCUT2D eigenvalue weighted by Gasteiger charge is -2.15. The number of hydrogen-bond donors (Lipinski definition) is 2. The summed E-state index contributed by atoms with van der Waals surface area (Å²) in [6, 6.07) is 5.23. The molecule has 0 saturated carbocycles. The van der Waals surface area contributed by atoms with Crippen molar-refractivity contribution in [2.24, 2.45) is 0 Å². The summed E-state index contributed by atoms with van der Waals surface area (Å²) in [4.78, 5) is 0. The Kier molecular flexibility index (Phi) is 6.22. The van der Waals surface area contributed by atoms with Gasteiger partial charge in [-0.2, -0.15) is 18.3 Å². The van der Waals surface area contributed by atoms with Crippen molar-refractivity contribution in [3.8, 4) is 0 Å². The van der Waals surface area contributed by atoms with Crippen molar-refractivity contribution in [3.63, 3.8) is 0 Å². The lowest BCUT2D eigenvalue weighted by Crippen LogP contribution is -2.30.